The summed E-state index contributed by atoms with van der Waals surface area (Å²) >= 11 is 0. The van der Waals surface area contributed by atoms with Gasteiger partial charge in [-0.3, -0.25) is 0 Å². The lowest BCUT2D eigenvalue weighted by Gasteiger charge is -2.13. The van der Waals surface area contributed by atoms with E-state index in [0.717, 1.165) is 31.4 Å². The number of nitrogens with zero attached hydrogens (tertiary/aromatic N) is 2. The van der Waals surface area contributed by atoms with E-state index in [1.54, 1.807) is 48.5 Å². The lowest BCUT2D eigenvalue weighted by Crippen LogP contribution is -2.15. The van der Waals surface area contributed by atoms with Gasteiger partial charge in [0.25, 0.3) is 0 Å². The smallest absolute Gasteiger partial charge is 0.343 e. The molecule has 0 aliphatic carbocycles. The van der Waals surface area contributed by atoms with Crippen LogP contribution in [0.15, 0.2) is 83.0 Å². The highest BCUT2D eigenvalue weighted by Gasteiger charge is 2.13. The maximum Gasteiger partial charge on any atom is 0.343 e. The summed E-state index contributed by atoms with van der Waals surface area (Å²) in [5.41, 5.74) is 3.60. The Morgan fingerprint density at radius 3 is 1.62 bits per heavy atom. The number of ether oxygens (including phenoxy) is 2. The summed E-state index contributed by atoms with van der Waals surface area (Å²) in [6.07, 6.45) is 18.4. The second kappa shape index (κ2) is 21.0. The van der Waals surface area contributed by atoms with E-state index >= 15 is 0 Å². The molecule has 3 aromatic carbocycles. The Labute approximate surface area is 270 Å². The van der Waals surface area contributed by atoms with Crippen LogP contribution in [0.4, 0.5) is 11.4 Å². The topological polar surface area (TPSA) is 77.3 Å². The van der Waals surface area contributed by atoms with Crippen LogP contribution in [0.2, 0.25) is 0 Å². The number of azo groups is 1. The van der Waals surface area contributed by atoms with Crippen molar-refractivity contribution in [3.63, 3.8) is 0 Å². The Hall–Kier alpha value is -3.80. The number of unbranched alkanes of at least 4 members (excludes halogenated alkanes) is 11. The highest BCUT2D eigenvalue weighted by Crippen LogP contribution is 2.22. The van der Waals surface area contributed by atoms with Crippen LogP contribution < -0.4 is 4.74 Å². The third-order valence-corrected chi connectivity index (χ3v) is 7.96. The minimum absolute atomic E-state index is 0.130. The SMILES string of the molecule is CCCCCCCCCCCc1ccc(N=Nc2ccc(C(=O)Oc3ccc(C(=O)O[C@@H](C)CCCCCC)cc3)cc2)cc1. The predicted molar refractivity (Wildman–Crippen MR) is 183 cm³/mol. The normalized spacial score (nSPS) is 11.9. The predicted octanol–water partition coefficient (Wildman–Crippen LogP) is 11.9. The van der Waals surface area contributed by atoms with Crippen molar-refractivity contribution in [1.82, 2.24) is 0 Å². The summed E-state index contributed by atoms with van der Waals surface area (Å²) < 4.78 is 11.0. The van der Waals surface area contributed by atoms with Gasteiger partial charge in [0.15, 0.2) is 0 Å². The van der Waals surface area contributed by atoms with Crippen molar-refractivity contribution in [2.24, 2.45) is 10.2 Å². The molecule has 0 unspecified atom stereocenters. The average molecular weight is 613 g/mol. The molecule has 6 nitrogen and oxygen atoms in total. The van der Waals surface area contributed by atoms with Gasteiger partial charge in [0.2, 0.25) is 0 Å². The lowest BCUT2D eigenvalue weighted by molar-refractivity contribution is 0.0319. The van der Waals surface area contributed by atoms with Gasteiger partial charge in [0.05, 0.1) is 28.6 Å². The molecular formula is C39H52N2O4. The van der Waals surface area contributed by atoms with Gasteiger partial charge in [-0.15, -0.1) is 0 Å². The largest absolute Gasteiger partial charge is 0.459 e. The first-order chi connectivity index (χ1) is 22.0. The summed E-state index contributed by atoms with van der Waals surface area (Å²) in [4.78, 5) is 25.1. The molecule has 0 spiro atoms. The Kier molecular flexibility index (Phi) is 16.7. The Balaban J connectivity index is 1.38. The molecule has 0 amide bonds. The van der Waals surface area contributed by atoms with Gasteiger partial charge in [-0.25, -0.2) is 9.59 Å². The van der Waals surface area contributed by atoms with E-state index in [-0.39, 0.29) is 12.1 Å². The van der Waals surface area contributed by atoms with Crippen molar-refractivity contribution < 1.29 is 19.1 Å². The Bertz CT molecular complexity index is 1280. The van der Waals surface area contributed by atoms with Gasteiger partial charge in [0, 0.05) is 0 Å². The molecule has 0 aliphatic rings. The van der Waals surface area contributed by atoms with Crippen molar-refractivity contribution >= 4 is 23.3 Å². The molecule has 0 N–H and O–H groups in total. The van der Waals surface area contributed by atoms with Crippen LogP contribution in [0, 0.1) is 0 Å². The number of hydrogen-bond acceptors (Lipinski definition) is 6. The fraction of sp³-hybridized carbons (Fsp3) is 0.487. The molecule has 0 bridgehead atoms. The maximum atomic E-state index is 12.7. The second-order valence-corrected chi connectivity index (χ2v) is 12.0. The molecule has 0 saturated carbocycles. The number of aryl methyl sites for hydroxylation is 1. The van der Waals surface area contributed by atoms with Crippen molar-refractivity contribution in [2.75, 3.05) is 0 Å². The number of carbonyl (C=O) groups excluding carboxylic acids is 2. The van der Waals surface area contributed by atoms with Crippen LogP contribution in [0.3, 0.4) is 0 Å². The molecule has 0 saturated heterocycles. The highest BCUT2D eigenvalue weighted by atomic mass is 16.5. The molecule has 1 atom stereocenters. The number of benzene rings is 3. The Morgan fingerprint density at radius 1 is 0.578 bits per heavy atom. The van der Waals surface area contributed by atoms with Gasteiger partial charge >= 0.3 is 11.9 Å². The van der Waals surface area contributed by atoms with E-state index in [9.17, 15) is 9.59 Å². The molecule has 3 aromatic rings. The molecule has 0 fully saturated rings. The monoisotopic (exact) mass is 612 g/mol. The third-order valence-electron chi connectivity index (χ3n) is 7.96. The van der Waals surface area contributed by atoms with Crippen molar-refractivity contribution in [1.29, 1.82) is 0 Å². The molecule has 3 rings (SSSR count). The third kappa shape index (κ3) is 14.2. The number of hydrogen-bond donors (Lipinski definition) is 0. The standard InChI is InChI=1S/C39H52N2O4/c1-4-6-8-10-11-12-13-14-16-18-32-19-25-35(26-20-32)40-41-36-27-21-33(22-28-36)39(43)45-37-29-23-34(24-30-37)38(42)44-31(3)17-15-9-7-5-2/h19-31H,4-18H2,1-3H3/t31-/m0/s1. The van der Waals surface area contributed by atoms with E-state index in [1.807, 2.05) is 19.1 Å². The molecule has 242 valence electrons. The van der Waals surface area contributed by atoms with Gasteiger partial charge in [-0.05, 0) is 98.8 Å². The zero-order chi connectivity index (χ0) is 32.1. The van der Waals surface area contributed by atoms with Crippen LogP contribution in [-0.4, -0.2) is 18.0 Å². The molecular weight excluding hydrogens is 560 g/mol. The molecule has 45 heavy (non-hydrogen) atoms. The van der Waals surface area contributed by atoms with Gasteiger partial charge in [-0.2, -0.15) is 10.2 Å². The van der Waals surface area contributed by atoms with Gasteiger partial charge < -0.3 is 9.47 Å². The van der Waals surface area contributed by atoms with Crippen LogP contribution in [-0.2, 0) is 11.2 Å². The molecule has 0 aliphatic heterocycles. The first-order valence-electron chi connectivity index (χ1n) is 17.1. The van der Waals surface area contributed by atoms with Crippen molar-refractivity contribution in [3.8, 4) is 5.75 Å². The first kappa shape index (κ1) is 35.7. The lowest BCUT2D eigenvalue weighted by atomic mass is 10.0. The summed E-state index contributed by atoms with van der Waals surface area (Å²) in [7, 11) is 0. The van der Waals surface area contributed by atoms with Crippen LogP contribution in [0.1, 0.15) is 137 Å². The van der Waals surface area contributed by atoms with Crippen LogP contribution in [0.5, 0.6) is 5.75 Å². The number of carbonyl (C=O) groups is 2. The summed E-state index contributed by atoms with van der Waals surface area (Å²) in [5, 5.41) is 8.66. The molecule has 0 aromatic heterocycles. The minimum Gasteiger partial charge on any atom is -0.459 e. The zero-order valence-electron chi connectivity index (χ0n) is 27.6. The maximum absolute atomic E-state index is 12.7. The number of esters is 2. The fourth-order valence-corrected chi connectivity index (χ4v) is 5.14. The van der Waals surface area contributed by atoms with Crippen molar-refractivity contribution in [2.45, 2.75) is 123 Å². The van der Waals surface area contributed by atoms with Gasteiger partial charge in [0.1, 0.15) is 5.75 Å². The van der Waals surface area contributed by atoms with Crippen molar-refractivity contribution in [3.05, 3.63) is 89.5 Å². The van der Waals surface area contributed by atoms with E-state index in [1.165, 1.54) is 76.2 Å². The summed E-state index contributed by atoms with van der Waals surface area (Å²) in [6, 6.07) is 21.5. The van der Waals surface area contributed by atoms with E-state index in [2.05, 4.69) is 36.2 Å². The quantitative estimate of drug-likeness (QED) is 0.0519. The van der Waals surface area contributed by atoms with Crippen LogP contribution in [0.25, 0.3) is 0 Å². The summed E-state index contributed by atoms with van der Waals surface area (Å²) in [6.45, 7) is 6.36. The highest BCUT2D eigenvalue weighted by molar-refractivity contribution is 5.92. The molecule has 6 heteroatoms. The average Bonchev–Trinajstić information content (AvgIpc) is 3.06. The summed E-state index contributed by atoms with van der Waals surface area (Å²) in [5.74, 6) is -0.503. The van der Waals surface area contributed by atoms with Gasteiger partial charge in [-0.1, -0.05) is 96.6 Å². The Morgan fingerprint density at radius 2 is 1.04 bits per heavy atom. The molecule has 0 radical (unpaired) electrons. The minimum atomic E-state index is -0.489. The molecule has 0 heterocycles. The fourth-order valence-electron chi connectivity index (χ4n) is 5.14. The number of rotatable bonds is 21. The second-order valence-electron chi connectivity index (χ2n) is 12.0. The van der Waals surface area contributed by atoms with Crippen LogP contribution >= 0.6 is 0 Å². The van der Waals surface area contributed by atoms with E-state index in [0.29, 0.717) is 22.6 Å². The van der Waals surface area contributed by atoms with E-state index in [4.69, 9.17) is 9.47 Å². The zero-order valence-corrected chi connectivity index (χ0v) is 27.6. The first-order valence-corrected chi connectivity index (χ1v) is 17.1. The van der Waals surface area contributed by atoms with E-state index < -0.39 is 5.97 Å².